The summed E-state index contributed by atoms with van der Waals surface area (Å²) in [5.74, 6) is -0.396. The first-order valence-corrected chi connectivity index (χ1v) is 13.5. The number of pyridine rings is 2. The Kier molecular flexibility index (Phi) is 7.55. The van der Waals surface area contributed by atoms with Gasteiger partial charge in [-0.2, -0.15) is 0 Å². The molecule has 6 rings (SSSR count). The van der Waals surface area contributed by atoms with Crippen molar-refractivity contribution < 1.29 is 28.5 Å². The molecule has 1 aliphatic rings. The Morgan fingerprint density at radius 2 is 1.90 bits per heavy atom. The molecule has 216 valence electrons. The molecule has 0 amide bonds. The van der Waals surface area contributed by atoms with Crippen LogP contribution in [0.2, 0.25) is 0 Å². The number of aryl methyl sites for hydroxylation is 1. The Balaban J connectivity index is 1.27. The van der Waals surface area contributed by atoms with Crippen LogP contribution in [-0.2, 0) is 24.4 Å². The van der Waals surface area contributed by atoms with Crippen LogP contribution >= 0.6 is 0 Å². The first-order chi connectivity index (χ1) is 20.2. The predicted octanol–water partition coefficient (Wildman–Crippen LogP) is 4.25. The average Bonchev–Trinajstić information content (AvgIpc) is 3.28. The van der Waals surface area contributed by atoms with E-state index in [1.165, 1.54) is 16.7 Å². The normalized spacial score (nSPS) is 14.9. The Morgan fingerprint density at radius 3 is 2.64 bits per heavy atom. The quantitative estimate of drug-likeness (QED) is 0.253. The van der Waals surface area contributed by atoms with Crippen molar-refractivity contribution in [1.29, 1.82) is 0 Å². The van der Waals surface area contributed by atoms with Gasteiger partial charge in [-0.15, -0.1) is 0 Å². The standard InChI is InChI=1S/C31H28F2N4O5/c1-18-5-6-20(23(32)11-18)17-42-29-4-2-3-25(35-29)22-13-30(38)36(15-24(22)33)16-28-34-26-8-7-19(31(39)40)12-27(26)37(28)14-21-9-10-41-21/h2-8,11-13,15,21,31,39-40H,9-10,14,16-17H2,1H3/t21-/m0/s1. The molecule has 1 aliphatic heterocycles. The second kappa shape index (κ2) is 11.4. The van der Waals surface area contributed by atoms with Crippen molar-refractivity contribution in [2.45, 2.75) is 45.4 Å². The molecular formula is C31H28F2N4O5. The molecule has 42 heavy (non-hydrogen) atoms. The van der Waals surface area contributed by atoms with Gasteiger partial charge in [0.1, 0.15) is 24.1 Å². The molecule has 1 saturated heterocycles. The van der Waals surface area contributed by atoms with Crippen LogP contribution in [0.15, 0.2) is 71.7 Å². The number of fused-ring (bicyclic) bond motifs is 1. The van der Waals surface area contributed by atoms with Gasteiger partial charge in [0.2, 0.25) is 5.88 Å². The number of nitrogens with zero attached hydrogens (tertiary/aromatic N) is 4. The Hall–Kier alpha value is -4.45. The van der Waals surface area contributed by atoms with Gasteiger partial charge in [0, 0.05) is 41.6 Å². The second-order valence-electron chi connectivity index (χ2n) is 10.3. The van der Waals surface area contributed by atoms with Gasteiger partial charge in [-0.05, 0) is 43.2 Å². The van der Waals surface area contributed by atoms with E-state index in [0.29, 0.717) is 41.1 Å². The molecule has 0 bridgehead atoms. The molecule has 2 aromatic carbocycles. The van der Waals surface area contributed by atoms with Gasteiger partial charge in [0.05, 0.1) is 35.9 Å². The molecule has 4 heterocycles. The molecular weight excluding hydrogens is 546 g/mol. The fourth-order valence-corrected chi connectivity index (χ4v) is 4.89. The van der Waals surface area contributed by atoms with E-state index in [0.717, 1.165) is 18.2 Å². The van der Waals surface area contributed by atoms with E-state index in [2.05, 4.69) is 9.97 Å². The highest BCUT2D eigenvalue weighted by atomic mass is 19.1. The lowest BCUT2D eigenvalue weighted by atomic mass is 10.1. The zero-order valence-corrected chi connectivity index (χ0v) is 22.7. The number of aliphatic hydroxyl groups is 2. The summed E-state index contributed by atoms with van der Waals surface area (Å²) < 4.78 is 43.9. The largest absolute Gasteiger partial charge is 0.473 e. The minimum Gasteiger partial charge on any atom is -0.473 e. The van der Waals surface area contributed by atoms with Gasteiger partial charge >= 0.3 is 0 Å². The smallest absolute Gasteiger partial charge is 0.251 e. The van der Waals surface area contributed by atoms with Crippen LogP contribution < -0.4 is 10.3 Å². The van der Waals surface area contributed by atoms with Gasteiger partial charge in [-0.3, -0.25) is 4.79 Å². The molecule has 0 aliphatic carbocycles. The highest BCUT2D eigenvalue weighted by molar-refractivity contribution is 5.77. The van der Waals surface area contributed by atoms with E-state index in [1.54, 1.807) is 55.5 Å². The molecule has 0 saturated carbocycles. The molecule has 1 atom stereocenters. The Bertz CT molecular complexity index is 1830. The van der Waals surface area contributed by atoms with E-state index in [-0.39, 0.29) is 42.2 Å². The maximum Gasteiger partial charge on any atom is 0.251 e. The number of hydrogen-bond donors (Lipinski definition) is 2. The lowest BCUT2D eigenvalue weighted by molar-refractivity contribution is -0.0590. The zero-order chi connectivity index (χ0) is 29.4. The third kappa shape index (κ3) is 5.67. The van der Waals surface area contributed by atoms with Crippen LogP contribution in [0.1, 0.15) is 35.2 Å². The third-order valence-electron chi connectivity index (χ3n) is 7.30. The summed E-state index contributed by atoms with van der Waals surface area (Å²) in [6, 6.07) is 15.6. The topological polar surface area (TPSA) is 112 Å². The summed E-state index contributed by atoms with van der Waals surface area (Å²) in [6.45, 7) is 2.82. The fraction of sp³-hybridized carbons (Fsp3) is 0.258. The first kappa shape index (κ1) is 27.7. The van der Waals surface area contributed by atoms with E-state index < -0.39 is 17.7 Å². The molecule has 11 heteroatoms. The first-order valence-electron chi connectivity index (χ1n) is 13.5. The van der Waals surface area contributed by atoms with Crippen molar-refractivity contribution in [1.82, 2.24) is 19.1 Å². The molecule has 1 fully saturated rings. The summed E-state index contributed by atoms with van der Waals surface area (Å²) in [5, 5.41) is 19.3. The monoisotopic (exact) mass is 574 g/mol. The number of halogens is 2. The zero-order valence-electron chi connectivity index (χ0n) is 22.7. The van der Waals surface area contributed by atoms with Crippen LogP contribution in [0.3, 0.4) is 0 Å². The molecule has 3 aromatic heterocycles. The van der Waals surface area contributed by atoms with Crippen LogP contribution in [0.4, 0.5) is 8.78 Å². The summed E-state index contributed by atoms with van der Waals surface area (Å²) in [6.07, 6.45) is 0.288. The Labute approximate surface area is 239 Å². The molecule has 0 spiro atoms. The molecule has 0 radical (unpaired) electrons. The minimum atomic E-state index is -1.65. The summed E-state index contributed by atoms with van der Waals surface area (Å²) in [4.78, 5) is 22.1. The van der Waals surface area contributed by atoms with Crippen molar-refractivity contribution >= 4 is 11.0 Å². The van der Waals surface area contributed by atoms with E-state index >= 15 is 4.39 Å². The number of aromatic nitrogens is 4. The van der Waals surface area contributed by atoms with E-state index in [9.17, 15) is 19.4 Å². The van der Waals surface area contributed by atoms with Gasteiger partial charge in [-0.1, -0.05) is 24.3 Å². The second-order valence-corrected chi connectivity index (χ2v) is 10.3. The van der Waals surface area contributed by atoms with E-state index in [4.69, 9.17) is 9.47 Å². The predicted molar refractivity (Wildman–Crippen MR) is 150 cm³/mol. The van der Waals surface area contributed by atoms with Crippen LogP contribution in [0.25, 0.3) is 22.3 Å². The summed E-state index contributed by atoms with van der Waals surface area (Å²) in [7, 11) is 0. The molecule has 0 unspecified atom stereocenters. The lowest BCUT2D eigenvalue weighted by Gasteiger charge is -2.27. The number of imidazole rings is 1. The van der Waals surface area contributed by atoms with Crippen molar-refractivity contribution in [2.24, 2.45) is 0 Å². The number of ether oxygens (including phenoxy) is 2. The van der Waals surface area contributed by atoms with Crippen molar-refractivity contribution in [2.75, 3.05) is 6.61 Å². The molecule has 9 nitrogen and oxygen atoms in total. The maximum absolute atomic E-state index is 15.4. The highest BCUT2D eigenvalue weighted by Crippen LogP contribution is 2.26. The summed E-state index contributed by atoms with van der Waals surface area (Å²) in [5.41, 5.74) is 2.45. The van der Waals surface area contributed by atoms with Crippen molar-refractivity contribution in [3.05, 3.63) is 111 Å². The number of aliphatic hydroxyl groups excluding tert-OH is 1. The summed E-state index contributed by atoms with van der Waals surface area (Å²) >= 11 is 0. The Morgan fingerprint density at radius 1 is 1.07 bits per heavy atom. The maximum atomic E-state index is 15.4. The fourth-order valence-electron chi connectivity index (χ4n) is 4.89. The van der Waals surface area contributed by atoms with Gasteiger partial charge in [-0.25, -0.2) is 18.7 Å². The number of benzene rings is 2. The minimum absolute atomic E-state index is 0.00108. The third-order valence-corrected chi connectivity index (χ3v) is 7.30. The molecule has 2 N–H and O–H groups in total. The SMILES string of the molecule is Cc1ccc(COc2cccc(-c3cc(=O)n(Cc4nc5ccc(C(O)O)cc5n4C[C@@H]4CCO4)cc3F)n2)c(F)c1. The lowest BCUT2D eigenvalue weighted by Crippen LogP contribution is -2.32. The van der Waals surface area contributed by atoms with Crippen LogP contribution in [0, 0.1) is 18.6 Å². The highest BCUT2D eigenvalue weighted by Gasteiger charge is 2.23. The average molecular weight is 575 g/mol. The van der Waals surface area contributed by atoms with Gasteiger partial charge in [0.15, 0.2) is 6.29 Å². The molecule has 5 aromatic rings. The van der Waals surface area contributed by atoms with Crippen molar-refractivity contribution in [3.63, 3.8) is 0 Å². The van der Waals surface area contributed by atoms with Gasteiger partial charge < -0.3 is 28.8 Å². The number of rotatable bonds is 9. The van der Waals surface area contributed by atoms with Gasteiger partial charge in [0.25, 0.3) is 5.56 Å². The van der Waals surface area contributed by atoms with Crippen LogP contribution in [-0.4, -0.2) is 42.0 Å². The van der Waals surface area contributed by atoms with Crippen LogP contribution in [0.5, 0.6) is 5.88 Å². The van der Waals surface area contributed by atoms with E-state index in [1.807, 2.05) is 4.57 Å². The van der Waals surface area contributed by atoms with Crippen molar-refractivity contribution in [3.8, 4) is 17.1 Å². The number of hydrogen-bond acceptors (Lipinski definition) is 7.